The zero-order valence-corrected chi connectivity index (χ0v) is 12.6. The molecular weight excluding hydrogens is 282 g/mol. The fraction of sp³-hybridized carbons (Fsp3) is 0.353. The molecule has 1 saturated heterocycles. The average molecular weight is 301 g/mol. The van der Waals surface area contributed by atoms with Crippen LogP contribution in [0.5, 0.6) is 0 Å². The summed E-state index contributed by atoms with van der Waals surface area (Å²) in [5, 5.41) is 11.5. The van der Waals surface area contributed by atoms with Gasteiger partial charge in [-0.15, -0.1) is 11.3 Å². The molecule has 1 N–H and O–H groups in total. The number of carbonyl (C=O) groups is 1. The molecule has 2 heterocycles. The van der Waals surface area contributed by atoms with Crippen molar-refractivity contribution in [3.05, 3.63) is 58.3 Å². The monoisotopic (exact) mass is 301 g/mol. The number of rotatable bonds is 4. The van der Waals surface area contributed by atoms with Crippen molar-refractivity contribution in [3.63, 3.8) is 0 Å². The minimum Gasteiger partial charge on any atom is -0.481 e. The molecule has 1 aromatic heterocycles. The molecule has 1 aliphatic heterocycles. The molecule has 0 radical (unpaired) electrons. The zero-order valence-electron chi connectivity index (χ0n) is 11.8. The topological polar surface area (TPSA) is 40.5 Å². The first-order valence-corrected chi connectivity index (χ1v) is 8.14. The van der Waals surface area contributed by atoms with Gasteiger partial charge >= 0.3 is 5.97 Å². The summed E-state index contributed by atoms with van der Waals surface area (Å²) in [6, 6.07) is 14.5. The quantitative estimate of drug-likeness (QED) is 0.940. The van der Waals surface area contributed by atoms with Gasteiger partial charge in [-0.05, 0) is 30.0 Å². The van der Waals surface area contributed by atoms with Crippen molar-refractivity contribution in [1.29, 1.82) is 0 Å². The number of hydrogen-bond donors (Lipinski definition) is 1. The molecule has 3 rings (SSSR count). The molecule has 1 fully saturated rings. The molecule has 4 heteroatoms. The molecule has 0 saturated carbocycles. The zero-order chi connectivity index (χ0) is 14.7. The minimum absolute atomic E-state index is 0.111. The predicted octanol–water partition coefficient (Wildman–Crippen LogP) is 3.44. The summed E-state index contributed by atoms with van der Waals surface area (Å²) >= 11 is 1.67. The van der Waals surface area contributed by atoms with Crippen LogP contribution in [-0.4, -0.2) is 29.1 Å². The molecular formula is C17H19NO2S. The second kappa shape index (κ2) is 6.41. The highest BCUT2D eigenvalue weighted by Gasteiger charge is 2.35. The summed E-state index contributed by atoms with van der Waals surface area (Å²) in [5.41, 5.74) is 1.29. The van der Waals surface area contributed by atoms with Crippen molar-refractivity contribution in [3.8, 4) is 0 Å². The maximum atomic E-state index is 11.5. The molecule has 2 aromatic rings. The normalized spacial score (nSPS) is 23.0. The number of benzene rings is 1. The SMILES string of the molecule is O=C(O)[C@@H]1CCN(Cc2ccccc2)C[C@H]1c1cccs1. The van der Waals surface area contributed by atoms with Gasteiger partial charge in [0, 0.05) is 23.9 Å². The Morgan fingerprint density at radius 2 is 2.05 bits per heavy atom. The van der Waals surface area contributed by atoms with Crippen LogP contribution < -0.4 is 0 Å². The molecule has 0 bridgehead atoms. The summed E-state index contributed by atoms with van der Waals surface area (Å²) in [6.07, 6.45) is 0.727. The van der Waals surface area contributed by atoms with E-state index in [1.807, 2.05) is 17.5 Å². The van der Waals surface area contributed by atoms with Crippen molar-refractivity contribution in [1.82, 2.24) is 4.90 Å². The molecule has 1 aliphatic rings. The van der Waals surface area contributed by atoms with Gasteiger partial charge in [0.1, 0.15) is 0 Å². The molecule has 2 atom stereocenters. The lowest BCUT2D eigenvalue weighted by Crippen LogP contribution is -2.41. The van der Waals surface area contributed by atoms with Crippen LogP contribution in [0.25, 0.3) is 0 Å². The molecule has 0 unspecified atom stereocenters. The Morgan fingerprint density at radius 3 is 2.71 bits per heavy atom. The van der Waals surface area contributed by atoms with Gasteiger partial charge in [-0.1, -0.05) is 36.4 Å². The highest BCUT2D eigenvalue weighted by Crippen LogP contribution is 2.35. The van der Waals surface area contributed by atoms with Gasteiger partial charge in [0.25, 0.3) is 0 Å². The van der Waals surface area contributed by atoms with Crippen molar-refractivity contribution in [2.75, 3.05) is 13.1 Å². The van der Waals surface area contributed by atoms with E-state index in [2.05, 4.69) is 35.2 Å². The number of nitrogens with zero attached hydrogens (tertiary/aromatic N) is 1. The van der Waals surface area contributed by atoms with Crippen LogP contribution in [0.15, 0.2) is 47.8 Å². The van der Waals surface area contributed by atoms with Crippen molar-refractivity contribution in [2.45, 2.75) is 18.9 Å². The van der Waals surface area contributed by atoms with E-state index in [-0.39, 0.29) is 11.8 Å². The van der Waals surface area contributed by atoms with E-state index < -0.39 is 5.97 Å². The molecule has 21 heavy (non-hydrogen) atoms. The lowest BCUT2D eigenvalue weighted by atomic mass is 9.84. The van der Waals surface area contributed by atoms with Gasteiger partial charge in [-0.3, -0.25) is 9.69 Å². The Hall–Kier alpha value is -1.65. The first-order chi connectivity index (χ1) is 10.2. The second-order valence-corrected chi connectivity index (χ2v) is 6.56. The van der Waals surface area contributed by atoms with Gasteiger partial charge in [0.05, 0.1) is 5.92 Å². The molecule has 0 aliphatic carbocycles. The fourth-order valence-electron chi connectivity index (χ4n) is 3.09. The number of likely N-dealkylation sites (tertiary alicyclic amines) is 1. The minimum atomic E-state index is -0.659. The molecule has 1 aromatic carbocycles. The Bertz CT molecular complexity index is 582. The standard InChI is InChI=1S/C17H19NO2S/c19-17(20)14-8-9-18(11-13-5-2-1-3-6-13)12-15(14)16-7-4-10-21-16/h1-7,10,14-15H,8-9,11-12H2,(H,19,20)/t14-,15-/m1/s1. The fourth-order valence-corrected chi connectivity index (χ4v) is 3.98. The van der Waals surface area contributed by atoms with E-state index in [1.54, 1.807) is 11.3 Å². The third-order valence-electron chi connectivity index (χ3n) is 4.17. The second-order valence-electron chi connectivity index (χ2n) is 5.58. The van der Waals surface area contributed by atoms with Gasteiger partial charge in [-0.2, -0.15) is 0 Å². The first kappa shape index (κ1) is 14.3. The van der Waals surface area contributed by atoms with E-state index in [0.717, 1.165) is 26.1 Å². The van der Waals surface area contributed by atoms with Gasteiger partial charge < -0.3 is 5.11 Å². The van der Waals surface area contributed by atoms with Gasteiger partial charge in [0.2, 0.25) is 0 Å². The lowest BCUT2D eigenvalue weighted by Gasteiger charge is -2.36. The Kier molecular flexibility index (Phi) is 4.36. The lowest BCUT2D eigenvalue weighted by molar-refractivity contribution is -0.144. The average Bonchev–Trinajstić information content (AvgIpc) is 3.02. The Balaban J connectivity index is 1.74. The Labute approximate surface area is 128 Å². The number of thiophene rings is 1. The van der Waals surface area contributed by atoms with Crippen LogP contribution >= 0.6 is 11.3 Å². The van der Waals surface area contributed by atoms with Crippen LogP contribution in [-0.2, 0) is 11.3 Å². The molecule has 0 amide bonds. The number of aliphatic carboxylic acids is 1. The van der Waals surface area contributed by atoms with Crippen LogP contribution in [0.3, 0.4) is 0 Å². The van der Waals surface area contributed by atoms with E-state index in [9.17, 15) is 9.90 Å². The van der Waals surface area contributed by atoms with Gasteiger partial charge in [-0.25, -0.2) is 0 Å². The summed E-state index contributed by atoms with van der Waals surface area (Å²) in [4.78, 5) is 15.1. The van der Waals surface area contributed by atoms with Crippen molar-refractivity contribution in [2.24, 2.45) is 5.92 Å². The number of carboxylic acid groups (broad SMARTS) is 1. The van der Waals surface area contributed by atoms with Crippen LogP contribution in [0.4, 0.5) is 0 Å². The number of piperidine rings is 1. The molecule has 110 valence electrons. The summed E-state index contributed by atoms with van der Waals surface area (Å²) in [7, 11) is 0. The third kappa shape index (κ3) is 3.34. The van der Waals surface area contributed by atoms with E-state index in [4.69, 9.17) is 0 Å². The van der Waals surface area contributed by atoms with Crippen LogP contribution in [0, 0.1) is 5.92 Å². The summed E-state index contributed by atoms with van der Waals surface area (Å²) in [5.74, 6) is -0.802. The predicted molar refractivity (Wildman–Crippen MR) is 84.5 cm³/mol. The maximum Gasteiger partial charge on any atom is 0.307 e. The van der Waals surface area contributed by atoms with E-state index in [1.165, 1.54) is 10.4 Å². The highest BCUT2D eigenvalue weighted by molar-refractivity contribution is 7.10. The number of carboxylic acids is 1. The Morgan fingerprint density at radius 1 is 1.24 bits per heavy atom. The van der Waals surface area contributed by atoms with Crippen LogP contribution in [0.2, 0.25) is 0 Å². The third-order valence-corrected chi connectivity index (χ3v) is 5.18. The van der Waals surface area contributed by atoms with Gasteiger partial charge in [0.15, 0.2) is 0 Å². The molecule has 3 nitrogen and oxygen atoms in total. The smallest absolute Gasteiger partial charge is 0.307 e. The van der Waals surface area contributed by atoms with Crippen LogP contribution in [0.1, 0.15) is 22.8 Å². The van der Waals surface area contributed by atoms with Crippen molar-refractivity contribution >= 4 is 17.3 Å². The van der Waals surface area contributed by atoms with Crippen molar-refractivity contribution < 1.29 is 9.90 Å². The summed E-state index contributed by atoms with van der Waals surface area (Å²) < 4.78 is 0. The highest BCUT2D eigenvalue weighted by atomic mass is 32.1. The maximum absolute atomic E-state index is 11.5. The summed E-state index contributed by atoms with van der Waals surface area (Å²) in [6.45, 7) is 2.58. The molecule has 0 spiro atoms. The first-order valence-electron chi connectivity index (χ1n) is 7.26. The van der Waals surface area contributed by atoms with E-state index >= 15 is 0 Å². The van der Waals surface area contributed by atoms with E-state index in [0.29, 0.717) is 0 Å². The number of hydrogen-bond acceptors (Lipinski definition) is 3. The largest absolute Gasteiger partial charge is 0.481 e.